The van der Waals surface area contributed by atoms with Gasteiger partial charge in [-0.2, -0.15) is 0 Å². The third-order valence-electron chi connectivity index (χ3n) is 4.98. The summed E-state index contributed by atoms with van der Waals surface area (Å²) >= 11 is 0. The van der Waals surface area contributed by atoms with Crippen LogP contribution in [0.4, 0.5) is 0 Å². The summed E-state index contributed by atoms with van der Waals surface area (Å²) in [4.78, 5) is 28.1. The number of likely N-dealkylation sites (N-methyl/N-ethyl adjacent to an activating group) is 1. The number of ether oxygens (including phenoxy) is 1. The molecule has 0 aliphatic carbocycles. The predicted octanol–water partition coefficient (Wildman–Crippen LogP) is 3.80. The Morgan fingerprint density at radius 2 is 1.82 bits per heavy atom. The van der Waals surface area contributed by atoms with Crippen molar-refractivity contribution in [1.29, 1.82) is 0 Å². The maximum Gasteiger partial charge on any atom is 0.224 e. The van der Waals surface area contributed by atoms with Gasteiger partial charge in [-0.05, 0) is 36.3 Å². The van der Waals surface area contributed by atoms with Crippen LogP contribution in [0.2, 0.25) is 0 Å². The molecule has 3 rings (SSSR count). The van der Waals surface area contributed by atoms with Gasteiger partial charge in [0.15, 0.2) is 0 Å². The summed E-state index contributed by atoms with van der Waals surface area (Å²) in [7, 11) is 1.77. The van der Waals surface area contributed by atoms with Crippen LogP contribution in [0.15, 0.2) is 54.7 Å². The lowest BCUT2D eigenvalue weighted by Gasteiger charge is -2.33. The summed E-state index contributed by atoms with van der Waals surface area (Å²) in [6.45, 7) is 4.45. The molecule has 0 aromatic heterocycles. The van der Waals surface area contributed by atoms with Crippen molar-refractivity contribution in [2.75, 3.05) is 20.2 Å². The van der Waals surface area contributed by atoms with E-state index in [2.05, 4.69) is 0 Å². The van der Waals surface area contributed by atoms with Crippen molar-refractivity contribution in [3.63, 3.8) is 0 Å². The quantitative estimate of drug-likeness (QED) is 0.768. The average Bonchev–Trinajstić information content (AvgIpc) is 2.69. The van der Waals surface area contributed by atoms with E-state index in [-0.39, 0.29) is 24.3 Å². The fourth-order valence-corrected chi connectivity index (χ4v) is 3.29. The molecule has 5 heteroatoms. The summed E-state index contributed by atoms with van der Waals surface area (Å²) < 4.78 is 5.72. The molecule has 1 heterocycles. The van der Waals surface area contributed by atoms with Gasteiger partial charge in [0.05, 0.1) is 19.0 Å². The van der Waals surface area contributed by atoms with E-state index in [9.17, 15) is 9.59 Å². The number of aryl methyl sites for hydroxylation is 1. The van der Waals surface area contributed by atoms with Gasteiger partial charge in [0.1, 0.15) is 12.4 Å². The highest BCUT2D eigenvalue weighted by molar-refractivity contribution is 5.81. The minimum Gasteiger partial charge on any atom is -0.492 e. The van der Waals surface area contributed by atoms with Gasteiger partial charge in [-0.1, -0.05) is 42.0 Å². The lowest BCUT2D eigenvalue weighted by Crippen LogP contribution is -2.37. The molecule has 1 atom stereocenters. The SMILES string of the molecule is CC(=O)N1C=Cc2ccccc2C1CC(=O)N(C)CCOc1ccc(C)cc1. The zero-order valence-corrected chi connectivity index (χ0v) is 16.6. The third-order valence-corrected chi connectivity index (χ3v) is 4.98. The first-order chi connectivity index (χ1) is 13.5. The van der Waals surface area contributed by atoms with E-state index in [0.717, 1.165) is 16.9 Å². The van der Waals surface area contributed by atoms with Crippen LogP contribution in [-0.2, 0) is 9.59 Å². The van der Waals surface area contributed by atoms with Crippen LogP contribution >= 0.6 is 0 Å². The van der Waals surface area contributed by atoms with Crippen LogP contribution in [0.5, 0.6) is 5.75 Å². The van der Waals surface area contributed by atoms with E-state index in [1.807, 2.05) is 61.5 Å². The standard InChI is InChI=1S/C23H26N2O3/c1-17-8-10-20(11-9-17)28-15-14-24(3)23(27)16-22-21-7-5-4-6-19(21)12-13-25(22)18(2)26/h4-13,22H,14-16H2,1-3H3. The van der Waals surface area contributed by atoms with Crippen molar-refractivity contribution >= 4 is 17.9 Å². The van der Waals surface area contributed by atoms with E-state index in [1.165, 1.54) is 12.5 Å². The second kappa shape index (κ2) is 8.74. The zero-order valence-electron chi connectivity index (χ0n) is 16.6. The number of fused-ring (bicyclic) bond motifs is 1. The lowest BCUT2D eigenvalue weighted by molar-refractivity contribution is -0.134. The van der Waals surface area contributed by atoms with Gasteiger partial charge in [0.25, 0.3) is 0 Å². The first kappa shape index (κ1) is 19.7. The number of amides is 2. The molecule has 146 valence electrons. The van der Waals surface area contributed by atoms with Gasteiger partial charge < -0.3 is 14.5 Å². The van der Waals surface area contributed by atoms with Crippen LogP contribution in [0.25, 0.3) is 6.08 Å². The van der Waals surface area contributed by atoms with Gasteiger partial charge in [-0.15, -0.1) is 0 Å². The summed E-state index contributed by atoms with van der Waals surface area (Å²) in [5.74, 6) is 0.698. The molecule has 0 saturated heterocycles. The summed E-state index contributed by atoms with van der Waals surface area (Å²) in [6, 6.07) is 15.4. The van der Waals surface area contributed by atoms with Gasteiger partial charge in [-0.3, -0.25) is 9.59 Å². The smallest absolute Gasteiger partial charge is 0.224 e. The largest absolute Gasteiger partial charge is 0.492 e. The van der Waals surface area contributed by atoms with Gasteiger partial charge in [-0.25, -0.2) is 0 Å². The van der Waals surface area contributed by atoms with Crippen LogP contribution < -0.4 is 4.74 Å². The van der Waals surface area contributed by atoms with E-state index in [0.29, 0.717) is 13.2 Å². The number of nitrogens with zero attached hydrogens (tertiary/aromatic N) is 2. The summed E-state index contributed by atoms with van der Waals surface area (Å²) in [6.07, 6.45) is 3.92. The van der Waals surface area contributed by atoms with E-state index >= 15 is 0 Å². The van der Waals surface area contributed by atoms with Crippen LogP contribution in [0, 0.1) is 6.92 Å². The fraction of sp³-hybridized carbons (Fsp3) is 0.304. The molecule has 1 aliphatic heterocycles. The van der Waals surface area contributed by atoms with Crippen molar-refractivity contribution < 1.29 is 14.3 Å². The average molecular weight is 378 g/mol. The Hall–Kier alpha value is -3.08. The molecule has 2 amide bonds. The molecule has 1 aliphatic rings. The zero-order chi connectivity index (χ0) is 20.1. The van der Waals surface area contributed by atoms with Crippen molar-refractivity contribution in [2.24, 2.45) is 0 Å². The van der Waals surface area contributed by atoms with E-state index in [4.69, 9.17) is 4.74 Å². The first-order valence-corrected chi connectivity index (χ1v) is 9.45. The molecule has 0 bridgehead atoms. The Morgan fingerprint density at radius 1 is 1.11 bits per heavy atom. The van der Waals surface area contributed by atoms with E-state index < -0.39 is 0 Å². The van der Waals surface area contributed by atoms with Crippen LogP contribution in [0.1, 0.15) is 36.1 Å². The van der Waals surface area contributed by atoms with Crippen LogP contribution in [-0.4, -0.2) is 41.8 Å². The lowest BCUT2D eigenvalue weighted by atomic mass is 9.93. The maximum atomic E-state index is 12.8. The second-order valence-corrected chi connectivity index (χ2v) is 7.07. The van der Waals surface area contributed by atoms with Gasteiger partial charge in [0.2, 0.25) is 11.8 Å². The van der Waals surface area contributed by atoms with Crippen molar-refractivity contribution in [3.05, 3.63) is 71.4 Å². The third kappa shape index (κ3) is 4.60. The Morgan fingerprint density at radius 3 is 2.54 bits per heavy atom. The summed E-state index contributed by atoms with van der Waals surface area (Å²) in [5, 5.41) is 0. The molecule has 0 radical (unpaired) electrons. The number of hydrogen-bond donors (Lipinski definition) is 0. The monoisotopic (exact) mass is 378 g/mol. The predicted molar refractivity (Wildman–Crippen MR) is 110 cm³/mol. The Bertz CT molecular complexity index is 874. The minimum absolute atomic E-state index is 0.0196. The molecule has 0 saturated carbocycles. The highest BCUT2D eigenvalue weighted by Gasteiger charge is 2.29. The molecular formula is C23H26N2O3. The van der Waals surface area contributed by atoms with Crippen molar-refractivity contribution in [2.45, 2.75) is 26.3 Å². The minimum atomic E-state index is -0.285. The highest BCUT2D eigenvalue weighted by atomic mass is 16.5. The van der Waals surface area contributed by atoms with Gasteiger partial charge in [0, 0.05) is 20.2 Å². The normalized spacial score (nSPS) is 15.1. The molecule has 1 unspecified atom stereocenters. The molecule has 2 aromatic rings. The molecule has 28 heavy (non-hydrogen) atoms. The number of carbonyl (C=O) groups is 2. The number of benzene rings is 2. The van der Waals surface area contributed by atoms with Gasteiger partial charge >= 0.3 is 0 Å². The first-order valence-electron chi connectivity index (χ1n) is 9.45. The molecule has 0 fully saturated rings. The number of hydrogen-bond acceptors (Lipinski definition) is 3. The Balaban J connectivity index is 1.61. The second-order valence-electron chi connectivity index (χ2n) is 7.07. The Labute approximate surface area is 166 Å². The van der Waals surface area contributed by atoms with Crippen molar-refractivity contribution in [3.8, 4) is 5.75 Å². The topological polar surface area (TPSA) is 49.9 Å². The van der Waals surface area contributed by atoms with E-state index in [1.54, 1.807) is 23.0 Å². The number of rotatable bonds is 6. The molecule has 0 N–H and O–H groups in total. The molecule has 5 nitrogen and oxygen atoms in total. The molecular weight excluding hydrogens is 352 g/mol. The van der Waals surface area contributed by atoms with Crippen molar-refractivity contribution in [1.82, 2.24) is 9.80 Å². The maximum absolute atomic E-state index is 12.8. The highest BCUT2D eigenvalue weighted by Crippen LogP contribution is 2.33. The molecule has 2 aromatic carbocycles. The summed E-state index contributed by atoms with van der Waals surface area (Å²) in [5.41, 5.74) is 3.22. The Kier molecular flexibility index (Phi) is 6.14. The van der Waals surface area contributed by atoms with Crippen LogP contribution in [0.3, 0.4) is 0 Å². The number of carbonyl (C=O) groups excluding carboxylic acids is 2. The fourth-order valence-electron chi connectivity index (χ4n) is 3.29. The molecule has 0 spiro atoms.